The first-order valence-electron chi connectivity index (χ1n) is 11.8. The number of methoxy groups -OCH3 is 1. The Labute approximate surface area is 210 Å². The van der Waals surface area contributed by atoms with Gasteiger partial charge in [-0.05, 0) is 37.1 Å². The molecule has 0 aliphatic carbocycles. The Hall–Kier alpha value is -4.16. The van der Waals surface area contributed by atoms with Crippen LogP contribution in [0.2, 0.25) is 0 Å². The van der Waals surface area contributed by atoms with Gasteiger partial charge >= 0.3 is 12.2 Å². The van der Waals surface area contributed by atoms with Gasteiger partial charge < -0.3 is 15.0 Å². The van der Waals surface area contributed by atoms with Gasteiger partial charge in [-0.25, -0.2) is 24.7 Å². The van der Waals surface area contributed by atoms with E-state index in [9.17, 15) is 18.0 Å². The standard InChI is InChI=1S/C24H25F3N8O2/c1-37-21-12-19(30-14-31-21)33-23(36)35-9-2-7-28-18-4-3-17(32-22(18)35)15-5-8-29-20(11-15)34-10-6-16(13-34)24(25,26)27/h3-5,8,11-12,14,16,28H,2,6-7,9-10,13H2,1H3,(H,30,31,33,36). The highest BCUT2D eigenvalue weighted by atomic mass is 19.4. The lowest BCUT2D eigenvalue weighted by atomic mass is 10.1. The number of pyridine rings is 2. The van der Waals surface area contributed by atoms with Crippen molar-refractivity contribution in [2.75, 3.05) is 53.7 Å². The second-order valence-electron chi connectivity index (χ2n) is 8.75. The van der Waals surface area contributed by atoms with E-state index in [-0.39, 0.29) is 25.3 Å². The van der Waals surface area contributed by atoms with E-state index in [1.54, 1.807) is 23.2 Å². The number of ether oxygens (including phenoxy) is 1. The third-order valence-corrected chi connectivity index (χ3v) is 6.35. The maximum Gasteiger partial charge on any atom is 0.393 e. The molecule has 1 fully saturated rings. The zero-order chi connectivity index (χ0) is 26.0. The Balaban J connectivity index is 1.41. The van der Waals surface area contributed by atoms with Crippen molar-refractivity contribution in [1.82, 2.24) is 19.9 Å². The zero-order valence-corrected chi connectivity index (χ0v) is 20.0. The van der Waals surface area contributed by atoms with Gasteiger partial charge in [-0.2, -0.15) is 13.2 Å². The quantitative estimate of drug-likeness (QED) is 0.534. The second kappa shape index (κ2) is 10.1. The predicted octanol–water partition coefficient (Wildman–Crippen LogP) is 4.18. The molecule has 37 heavy (non-hydrogen) atoms. The van der Waals surface area contributed by atoms with Crippen molar-refractivity contribution in [2.45, 2.75) is 19.0 Å². The van der Waals surface area contributed by atoms with E-state index >= 15 is 0 Å². The van der Waals surface area contributed by atoms with Crippen molar-refractivity contribution < 1.29 is 22.7 Å². The van der Waals surface area contributed by atoms with E-state index < -0.39 is 18.1 Å². The monoisotopic (exact) mass is 514 g/mol. The summed E-state index contributed by atoms with van der Waals surface area (Å²) in [6.45, 7) is 1.24. The molecule has 1 unspecified atom stereocenters. The third kappa shape index (κ3) is 5.34. The van der Waals surface area contributed by atoms with Gasteiger partial charge in [0.1, 0.15) is 18.0 Å². The van der Waals surface area contributed by atoms with Crippen LogP contribution in [0.3, 0.4) is 0 Å². The van der Waals surface area contributed by atoms with E-state index in [1.807, 2.05) is 12.1 Å². The lowest BCUT2D eigenvalue weighted by molar-refractivity contribution is -0.168. The van der Waals surface area contributed by atoms with Crippen LogP contribution in [0.25, 0.3) is 11.3 Å². The van der Waals surface area contributed by atoms with Crippen LogP contribution < -0.4 is 25.2 Å². The Morgan fingerprint density at radius 3 is 2.81 bits per heavy atom. The molecule has 0 saturated carbocycles. The van der Waals surface area contributed by atoms with Crippen LogP contribution in [-0.4, -0.2) is 65.4 Å². The largest absolute Gasteiger partial charge is 0.481 e. The summed E-state index contributed by atoms with van der Waals surface area (Å²) in [5.74, 6) is 0.137. The van der Waals surface area contributed by atoms with E-state index in [0.29, 0.717) is 54.0 Å². The van der Waals surface area contributed by atoms with Gasteiger partial charge in [0.25, 0.3) is 0 Å². The molecule has 5 rings (SSSR count). The number of hydrogen-bond acceptors (Lipinski definition) is 8. The molecule has 1 atom stereocenters. The van der Waals surface area contributed by atoms with Gasteiger partial charge in [0.05, 0.1) is 24.4 Å². The number of alkyl halides is 3. The van der Waals surface area contributed by atoms with E-state index in [2.05, 4.69) is 25.6 Å². The van der Waals surface area contributed by atoms with Gasteiger partial charge in [0.15, 0.2) is 5.82 Å². The van der Waals surface area contributed by atoms with Crippen LogP contribution in [0.5, 0.6) is 5.88 Å². The number of aromatic nitrogens is 4. The lowest BCUT2D eigenvalue weighted by Gasteiger charge is -2.22. The summed E-state index contributed by atoms with van der Waals surface area (Å²) in [5.41, 5.74) is 1.95. The molecule has 2 amide bonds. The second-order valence-corrected chi connectivity index (χ2v) is 8.75. The Bertz CT molecular complexity index is 1290. The summed E-state index contributed by atoms with van der Waals surface area (Å²) in [6, 6.07) is 8.23. The normalized spacial score (nSPS) is 17.6. The van der Waals surface area contributed by atoms with Crippen LogP contribution in [0.1, 0.15) is 12.8 Å². The average Bonchev–Trinajstić information content (AvgIpc) is 3.31. The summed E-state index contributed by atoms with van der Waals surface area (Å²) in [7, 11) is 1.47. The molecule has 5 heterocycles. The summed E-state index contributed by atoms with van der Waals surface area (Å²) < 4.78 is 44.5. The molecule has 3 aromatic rings. The Kier molecular flexibility index (Phi) is 6.68. The minimum absolute atomic E-state index is 0.0421. The zero-order valence-electron chi connectivity index (χ0n) is 20.0. The topological polar surface area (TPSA) is 108 Å². The summed E-state index contributed by atoms with van der Waals surface area (Å²) >= 11 is 0. The minimum Gasteiger partial charge on any atom is -0.481 e. The minimum atomic E-state index is -4.22. The smallest absolute Gasteiger partial charge is 0.393 e. The van der Waals surface area contributed by atoms with Gasteiger partial charge in [-0.3, -0.25) is 10.2 Å². The first-order chi connectivity index (χ1) is 17.8. The SMILES string of the molecule is COc1cc(NC(=O)N2CCCNc3ccc(-c4ccnc(N5CCC(C(F)(F)F)C5)c4)nc32)ncn1. The molecule has 2 aliphatic rings. The van der Waals surface area contributed by atoms with Crippen molar-refractivity contribution in [3.05, 3.63) is 42.9 Å². The summed E-state index contributed by atoms with van der Waals surface area (Å²) in [5, 5.41) is 6.05. The number of halogens is 3. The number of hydrogen-bond donors (Lipinski definition) is 2. The van der Waals surface area contributed by atoms with Crippen LogP contribution in [0.4, 0.5) is 41.1 Å². The molecule has 194 valence electrons. The molecule has 2 N–H and O–H groups in total. The molecule has 1 saturated heterocycles. The van der Waals surface area contributed by atoms with Crippen LogP contribution in [0.15, 0.2) is 42.9 Å². The molecule has 3 aromatic heterocycles. The number of urea groups is 1. The summed E-state index contributed by atoms with van der Waals surface area (Å²) in [4.78, 5) is 33.4. The fraction of sp³-hybridized carbons (Fsp3) is 0.375. The number of anilines is 4. The number of rotatable bonds is 4. The highest BCUT2D eigenvalue weighted by Gasteiger charge is 2.43. The van der Waals surface area contributed by atoms with Crippen LogP contribution in [0, 0.1) is 5.92 Å². The highest BCUT2D eigenvalue weighted by molar-refractivity contribution is 6.03. The van der Waals surface area contributed by atoms with Crippen molar-refractivity contribution in [3.63, 3.8) is 0 Å². The van der Waals surface area contributed by atoms with Crippen molar-refractivity contribution >= 4 is 29.2 Å². The number of nitrogens with zero attached hydrogens (tertiary/aromatic N) is 6. The number of nitrogens with one attached hydrogen (secondary N) is 2. The fourth-order valence-electron chi connectivity index (χ4n) is 4.40. The molecule has 2 aliphatic heterocycles. The van der Waals surface area contributed by atoms with Crippen LogP contribution >= 0.6 is 0 Å². The van der Waals surface area contributed by atoms with E-state index in [4.69, 9.17) is 9.72 Å². The van der Waals surface area contributed by atoms with Crippen LogP contribution in [-0.2, 0) is 0 Å². The van der Waals surface area contributed by atoms with Gasteiger partial charge in [0.2, 0.25) is 5.88 Å². The van der Waals surface area contributed by atoms with Gasteiger partial charge in [-0.1, -0.05) is 0 Å². The fourth-order valence-corrected chi connectivity index (χ4v) is 4.40. The van der Waals surface area contributed by atoms with E-state index in [0.717, 1.165) is 0 Å². The Morgan fingerprint density at radius 2 is 2.03 bits per heavy atom. The van der Waals surface area contributed by atoms with E-state index in [1.165, 1.54) is 24.4 Å². The highest BCUT2D eigenvalue weighted by Crippen LogP contribution is 2.36. The molecule has 0 radical (unpaired) electrons. The number of amides is 2. The number of carbonyl (C=O) groups is 1. The third-order valence-electron chi connectivity index (χ3n) is 6.35. The predicted molar refractivity (Wildman–Crippen MR) is 132 cm³/mol. The molecule has 0 aromatic carbocycles. The average molecular weight is 515 g/mol. The van der Waals surface area contributed by atoms with Crippen molar-refractivity contribution in [1.29, 1.82) is 0 Å². The molecular formula is C24H25F3N8O2. The summed E-state index contributed by atoms with van der Waals surface area (Å²) in [6.07, 6.45) is -0.633. The van der Waals surface area contributed by atoms with Gasteiger partial charge in [0, 0.05) is 44.0 Å². The van der Waals surface area contributed by atoms with Crippen molar-refractivity contribution in [2.24, 2.45) is 5.92 Å². The molecule has 0 bridgehead atoms. The number of carbonyl (C=O) groups excluding carboxylic acids is 1. The maximum atomic E-state index is 13.2. The maximum absolute atomic E-state index is 13.2. The first-order valence-corrected chi connectivity index (χ1v) is 11.8. The molecule has 0 spiro atoms. The molecular weight excluding hydrogens is 489 g/mol. The Morgan fingerprint density at radius 1 is 1.16 bits per heavy atom. The molecule has 13 heteroatoms. The van der Waals surface area contributed by atoms with Crippen molar-refractivity contribution in [3.8, 4) is 17.1 Å². The molecule has 10 nitrogen and oxygen atoms in total. The van der Waals surface area contributed by atoms with Gasteiger partial charge in [-0.15, -0.1) is 0 Å². The first kappa shape index (κ1) is 24.5. The lowest BCUT2D eigenvalue weighted by Crippen LogP contribution is -2.36. The number of fused-ring (bicyclic) bond motifs is 1.